The average molecular weight is 406 g/mol. The summed E-state index contributed by atoms with van der Waals surface area (Å²) in [7, 11) is -4.25. The molecule has 0 radical (unpaired) electrons. The van der Waals surface area contributed by atoms with E-state index in [1.807, 2.05) is 19.1 Å². The second kappa shape index (κ2) is 8.39. The third-order valence-corrected chi connectivity index (χ3v) is 5.82. The van der Waals surface area contributed by atoms with Crippen molar-refractivity contribution in [3.8, 4) is 0 Å². The van der Waals surface area contributed by atoms with E-state index < -0.39 is 27.5 Å². The number of non-ortho nitro benzene ring substituents is 1. The lowest BCUT2D eigenvalue weighted by Crippen LogP contribution is -2.37. The van der Waals surface area contributed by atoms with Gasteiger partial charge in [0.25, 0.3) is 15.7 Å². The molecule has 8 nitrogen and oxygen atoms in total. The van der Waals surface area contributed by atoms with Crippen molar-refractivity contribution < 1.29 is 22.9 Å². The number of carbonyl (C=O) groups is 1. The van der Waals surface area contributed by atoms with Crippen LogP contribution in [0.15, 0.2) is 41.3 Å². The Labute approximate surface area is 163 Å². The number of rotatable bonds is 7. The largest absolute Gasteiger partial charge is 0.465 e. The molecule has 0 aliphatic heterocycles. The lowest BCUT2D eigenvalue weighted by atomic mass is 10.1. The third kappa shape index (κ3) is 4.48. The molecular weight excluding hydrogens is 384 g/mol. The van der Waals surface area contributed by atoms with Crippen LogP contribution in [-0.4, -0.2) is 32.5 Å². The monoisotopic (exact) mass is 406 g/mol. The molecule has 2 aromatic carbocycles. The molecule has 0 fully saturated rings. The van der Waals surface area contributed by atoms with Crippen molar-refractivity contribution in [1.29, 1.82) is 0 Å². The van der Waals surface area contributed by atoms with Crippen molar-refractivity contribution in [1.82, 2.24) is 0 Å². The number of ether oxygens (including phenoxy) is 1. The number of hydrogen-bond donors (Lipinski definition) is 0. The van der Waals surface area contributed by atoms with Crippen LogP contribution in [0.4, 0.5) is 11.4 Å². The van der Waals surface area contributed by atoms with Gasteiger partial charge in [0.05, 0.1) is 22.1 Å². The Hall–Kier alpha value is -2.94. The number of hydrogen-bond acceptors (Lipinski definition) is 6. The van der Waals surface area contributed by atoms with Gasteiger partial charge in [0.2, 0.25) is 0 Å². The molecule has 0 aliphatic carbocycles. The molecule has 0 aromatic heterocycles. The zero-order valence-electron chi connectivity index (χ0n) is 16.1. The lowest BCUT2D eigenvalue weighted by molar-refractivity contribution is -0.385. The summed E-state index contributed by atoms with van der Waals surface area (Å²) in [5.41, 5.74) is 2.27. The predicted molar refractivity (Wildman–Crippen MR) is 105 cm³/mol. The van der Waals surface area contributed by atoms with Crippen LogP contribution in [0.3, 0.4) is 0 Å². The van der Waals surface area contributed by atoms with Crippen LogP contribution < -0.4 is 4.31 Å². The topological polar surface area (TPSA) is 107 Å². The summed E-state index contributed by atoms with van der Waals surface area (Å²) < 4.78 is 32.6. The second-order valence-electron chi connectivity index (χ2n) is 6.32. The molecule has 0 N–H and O–H groups in total. The molecule has 0 heterocycles. The van der Waals surface area contributed by atoms with Crippen molar-refractivity contribution in [2.45, 2.75) is 32.6 Å². The van der Waals surface area contributed by atoms with E-state index in [1.165, 1.54) is 18.2 Å². The number of esters is 1. The fourth-order valence-corrected chi connectivity index (χ4v) is 4.64. The Morgan fingerprint density at radius 3 is 2.29 bits per heavy atom. The summed E-state index contributed by atoms with van der Waals surface area (Å²) in [5.74, 6) is -0.712. The van der Waals surface area contributed by atoms with E-state index in [-0.39, 0.29) is 17.2 Å². The minimum atomic E-state index is -4.25. The smallest absolute Gasteiger partial charge is 0.326 e. The van der Waals surface area contributed by atoms with Gasteiger partial charge in [-0.15, -0.1) is 0 Å². The summed E-state index contributed by atoms with van der Waals surface area (Å²) in [6.07, 6.45) is 0. The average Bonchev–Trinajstić information content (AvgIpc) is 2.60. The Balaban J connectivity index is 2.66. The maximum atomic E-state index is 13.3. The minimum absolute atomic E-state index is 0.107. The molecule has 0 spiro atoms. The summed E-state index contributed by atoms with van der Waals surface area (Å²) in [5, 5.41) is 11.1. The molecule has 2 rings (SSSR count). The standard InChI is InChI=1S/C19H22N2O6S/c1-5-27-18(22)12-20(19-14(3)9-13(2)10-15(19)4)28(25,26)17-8-6-7-16(11-17)21(23)24/h6-11H,5,12H2,1-4H3. The van der Waals surface area contributed by atoms with E-state index in [0.717, 1.165) is 15.9 Å². The number of sulfonamides is 1. The van der Waals surface area contributed by atoms with Gasteiger partial charge in [0, 0.05) is 12.1 Å². The highest BCUT2D eigenvalue weighted by molar-refractivity contribution is 7.92. The first-order valence-electron chi connectivity index (χ1n) is 8.58. The molecule has 0 atom stereocenters. The van der Waals surface area contributed by atoms with Gasteiger partial charge in [-0.05, 0) is 44.9 Å². The van der Waals surface area contributed by atoms with Crippen molar-refractivity contribution in [2.75, 3.05) is 17.5 Å². The zero-order chi connectivity index (χ0) is 21.1. The molecule has 150 valence electrons. The molecule has 0 saturated carbocycles. The molecule has 0 amide bonds. The number of anilines is 1. The number of aryl methyl sites for hydroxylation is 3. The van der Waals surface area contributed by atoms with Gasteiger partial charge in [0.15, 0.2) is 0 Å². The van der Waals surface area contributed by atoms with Gasteiger partial charge in [-0.3, -0.25) is 19.2 Å². The maximum Gasteiger partial charge on any atom is 0.326 e. The van der Waals surface area contributed by atoms with Crippen molar-refractivity contribution in [3.63, 3.8) is 0 Å². The maximum absolute atomic E-state index is 13.3. The van der Waals surface area contributed by atoms with E-state index in [9.17, 15) is 23.3 Å². The van der Waals surface area contributed by atoms with Gasteiger partial charge < -0.3 is 4.74 Å². The Kier molecular flexibility index (Phi) is 6.40. The fraction of sp³-hybridized carbons (Fsp3) is 0.316. The van der Waals surface area contributed by atoms with E-state index in [2.05, 4.69) is 0 Å². The first kappa shape index (κ1) is 21.4. The Morgan fingerprint density at radius 1 is 1.14 bits per heavy atom. The molecule has 0 unspecified atom stereocenters. The predicted octanol–water partition coefficient (Wildman–Crippen LogP) is 3.28. The number of nitro benzene ring substituents is 1. The van der Waals surface area contributed by atoms with Gasteiger partial charge >= 0.3 is 5.97 Å². The highest BCUT2D eigenvalue weighted by Crippen LogP contribution is 2.32. The number of nitrogens with zero attached hydrogens (tertiary/aromatic N) is 2. The highest BCUT2D eigenvalue weighted by atomic mass is 32.2. The van der Waals surface area contributed by atoms with Gasteiger partial charge in [-0.1, -0.05) is 23.8 Å². The van der Waals surface area contributed by atoms with E-state index >= 15 is 0 Å². The van der Waals surface area contributed by atoms with Crippen molar-refractivity contribution in [3.05, 3.63) is 63.2 Å². The quantitative estimate of drug-likeness (QED) is 0.397. The van der Waals surface area contributed by atoms with Gasteiger partial charge in [-0.25, -0.2) is 8.42 Å². The van der Waals surface area contributed by atoms with Crippen LogP contribution in [0.2, 0.25) is 0 Å². The summed E-state index contributed by atoms with van der Waals surface area (Å²) >= 11 is 0. The molecule has 0 saturated heterocycles. The minimum Gasteiger partial charge on any atom is -0.465 e. The number of carbonyl (C=O) groups excluding carboxylic acids is 1. The highest BCUT2D eigenvalue weighted by Gasteiger charge is 2.31. The molecule has 9 heteroatoms. The number of benzene rings is 2. The van der Waals surface area contributed by atoms with Gasteiger partial charge in [0.1, 0.15) is 6.54 Å². The SMILES string of the molecule is CCOC(=O)CN(c1c(C)cc(C)cc1C)S(=O)(=O)c1cccc([N+](=O)[O-])c1. The molecule has 0 aliphatic rings. The summed E-state index contributed by atoms with van der Waals surface area (Å²) in [6.45, 7) is 6.57. The van der Waals surface area contributed by atoms with Crippen LogP contribution in [0, 0.1) is 30.9 Å². The summed E-state index contributed by atoms with van der Waals surface area (Å²) in [4.78, 5) is 22.2. The van der Waals surface area contributed by atoms with Crippen LogP contribution in [0.5, 0.6) is 0 Å². The summed E-state index contributed by atoms with van der Waals surface area (Å²) in [6, 6.07) is 8.36. The van der Waals surface area contributed by atoms with Crippen LogP contribution in [0.1, 0.15) is 23.6 Å². The molecule has 0 bridgehead atoms. The zero-order valence-corrected chi connectivity index (χ0v) is 16.9. The first-order valence-corrected chi connectivity index (χ1v) is 10.0. The van der Waals surface area contributed by atoms with E-state index in [1.54, 1.807) is 20.8 Å². The van der Waals surface area contributed by atoms with E-state index in [4.69, 9.17) is 4.74 Å². The van der Waals surface area contributed by atoms with E-state index in [0.29, 0.717) is 16.8 Å². The van der Waals surface area contributed by atoms with Crippen LogP contribution in [0.25, 0.3) is 0 Å². The molecule has 28 heavy (non-hydrogen) atoms. The van der Waals surface area contributed by atoms with Gasteiger partial charge in [-0.2, -0.15) is 0 Å². The second-order valence-corrected chi connectivity index (χ2v) is 8.18. The van der Waals surface area contributed by atoms with Crippen molar-refractivity contribution in [2.24, 2.45) is 0 Å². The van der Waals surface area contributed by atoms with Crippen LogP contribution >= 0.6 is 0 Å². The lowest BCUT2D eigenvalue weighted by Gasteiger charge is -2.27. The van der Waals surface area contributed by atoms with Crippen LogP contribution in [-0.2, 0) is 19.6 Å². The Morgan fingerprint density at radius 2 is 1.75 bits per heavy atom. The van der Waals surface area contributed by atoms with Crippen molar-refractivity contribution >= 4 is 27.4 Å². The molecular formula is C19H22N2O6S. The molecule has 2 aromatic rings. The first-order chi connectivity index (χ1) is 13.1. The number of nitro groups is 1. The third-order valence-electron chi connectivity index (χ3n) is 4.08. The Bertz CT molecular complexity index is 994. The normalized spacial score (nSPS) is 11.1. The fourth-order valence-electron chi connectivity index (χ4n) is 3.06.